The van der Waals surface area contributed by atoms with Gasteiger partial charge >= 0.3 is 39.0 Å². The molecule has 9 nitrogen and oxygen atoms in total. The first-order chi connectivity index (χ1) is 73.6. The zero-order valence-corrected chi connectivity index (χ0v) is 62.0. The van der Waals surface area contributed by atoms with Gasteiger partial charge in [0.15, 0.2) is 0 Å². The van der Waals surface area contributed by atoms with Crippen LogP contribution >= 0.6 is 67.9 Å². The Morgan fingerprint density at radius 2 is 0.566 bits per heavy atom. The number of hydrogen-bond acceptors (Lipinski definition) is 10. The van der Waals surface area contributed by atoms with E-state index in [9.17, 15) is 5.48 Å². The Balaban J connectivity index is 0.000000207. The summed E-state index contributed by atoms with van der Waals surface area (Å²) in [6.07, 6.45) is 0. The number of fused-ring (bicyclic) bond motifs is 4. The molecule has 0 aromatic heterocycles. The quantitative estimate of drug-likeness (QED) is 0.0573. The Kier molecular flexibility index (Phi) is 11.6. The van der Waals surface area contributed by atoms with E-state index < -0.39 is 440 Å². The zero-order chi connectivity index (χ0) is 122. The molecule has 0 aliphatic carbocycles. The number of anilines is 10. The van der Waals surface area contributed by atoms with E-state index in [-0.39, 0.29) is 47.7 Å². The normalized spacial score (nSPS) is 21.2. The number of hydrogen-bond donors (Lipinski definition) is 2. The summed E-state index contributed by atoms with van der Waals surface area (Å²) in [5.41, 5.74) is -5.50. The summed E-state index contributed by atoms with van der Waals surface area (Å²) in [6, 6.07) is -40.2. The molecular formula is C89H83B3Br2Cl2N5O4S. The van der Waals surface area contributed by atoms with Gasteiger partial charge in [-0.2, -0.15) is 0 Å². The molecule has 2 saturated heterocycles. The van der Waals surface area contributed by atoms with Crippen LogP contribution in [-0.4, -0.2) is 49.6 Å². The van der Waals surface area contributed by atoms with E-state index in [0.717, 1.165) is 0 Å². The van der Waals surface area contributed by atoms with Crippen molar-refractivity contribution in [3.05, 3.63) is 335 Å². The molecule has 0 atom stereocenters. The monoisotopic (exact) mass is 1630 g/mol. The molecule has 14 aromatic rings. The SMILES string of the molecule is ClCCl.[2H]c1c([2H])c(N(c2c([2H])c([2H])c(B3OC(C)(C)C(C)(C)O3)c([2H])c2[2H])c2c([2H])c([2H])c([2H])c3c([2H])c([2H])c([2H])c([2H])c23)c([2H])c([2H])c1B1OC(C)(C)C(C)(C)O1.[2H]c1c([2H])c(N(c2c([2H])c([2H])c(Br)c([2H])c2[2H])c2c([2H])c([2H])c([2H])c3c([2H])c([2H])c([2H])c([2H])c23)c([2H])c([2H])c1Br.[2H]c1c([2H])c([2H])c(N(c2c([2H])c([2H])c([2H])c([2H])c2[2H])c2c([2H])c([2H])c([2H])c3c([2H])c([2H])c([2H])c([2H])c23)c([2H])c1[2H].[2H]c1c([2H])c([2H])c2c(N)c([2H])c([2H])c([2H])c2c1[2H].[B]=NS. The predicted molar refractivity (Wildman–Crippen MR) is 465 cm³/mol. The standard InChI is InChI=1S/C34H39B2NO4.C22H15Br2N.C22H17N.C10H9N.CH2Cl2.BHNS/c1-31(2)32(3,4)39-35(38-31)25-16-20-27(21-17-25)37(30-15-11-13-24-12-9-10-14-29(24)30)28-22-18-26(19-23-28)36-40-33(5,6)34(7,8)41-36;23-17-8-12-19(13-9-17)25(20-14-10-18(24)11-15-20)22-7-3-5-16-4-1-2-6-21(16)22;1-3-12-19(13-4-1)23(20-14-5-2-6-15-20)22-17-9-11-18-10-7-8-16-21(18)22;11-10-7-3-5-8-4-1-2-6-9(8)10;2-1-3;1-2-3/h9-23H,1-8H3;1-15H;1-17H;1-7H,11H2;1H2;3H/i9D,10D,11D,12D,13D,14D,15D,16D,17D,18D,19D,20D,21D,22D,23D;1D,2D,3D,4D,5D,6D,7D,8D,9D,10D,11D,12D,13D,14D,15D;1D,2D,3D,4D,5D,6D,7D,8D,9D,10D,11D,12D,13D,14D,15D,16D,17D;1D,2D,3D,4D,5D,6D,7D;;. The van der Waals surface area contributed by atoms with Crippen LogP contribution in [0.5, 0.6) is 0 Å². The van der Waals surface area contributed by atoms with Crippen LogP contribution in [0.2, 0.25) is 0 Å². The van der Waals surface area contributed by atoms with E-state index in [1.54, 1.807) is 55.4 Å². The van der Waals surface area contributed by atoms with Gasteiger partial charge in [0.05, 0.1) is 119 Å². The minimum atomic E-state index is -1.39. The Hall–Kier alpha value is -8.96. The van der Waals surface area contributed by atoms with Crippen LogP contribution in [0.3, 0.4) is 0 Å². The molecule has 14 aromatic carbocycles. The van der Waals surface area contributed by atoms with Gasteiger partial charge in [0, 0.05) is 70.3 Å². The summed E-state index contributed by atoms with van der Waals surface area (Å²) in [5.74, 6) is 0. The molecule has 2 aliphatic rings. The third kappa shape index (κ3) is 18.5. The van der Waals surface area contributed by atoms with Crippen LogP contribution in [-0.2, 0) is 18.6 Å². The van der Waals surface area contributed by atoms with Gasteiger partial charge in [-0.3, -0.25) is 0 Å². The van der Waals surface area contributed by atoms with E-state index in [1.807, 2.05) is 0 Å². The van der Waals surface area contributed by atoms with E-state index in [4.69, 9.17) is 116 Å². The first-order valence-corrected chi connectivity index (χ1v) is 33.6. The van der Waals surface area contributed by atoms with Crippen molar-refractivity contribution in [2.45, 2.75) is 77.8 Å². The second-order valence-corrected chi connectivity index (χ2v) is 25.8. The Bertz CT molecular complexity index is 7790. The van der Waals surface area contributed by atoms with E-state index in [2.05, 4.69) is 56.6 Å². The number of halogens is 4. The first kappa shape index (κ1) is 34.5. The predicted octanol–water partition coefficient (Wildman–Crippen LogP) is 25.1. The van der Waals surface area contributed by atoms with Crippen molar-refractivity contribution in [1.29, 1.82) is 0 Å². The number of nitrogens with zero attached hydrogens (tertiary/aromatic N) is 4. The molecule has 17 heteroatoms. The van der Waals surface area contributed by atoms with E-state index >= 15 is 0 Å². The Morgan fingerprint density at radius 1 is 0.349 bits per heavy atom. The fourth-order valence-electron chi connectivity index (χ4n) is 9.27. The Labute approximate surface area is 734 Å². The summed E-state index contributed by atoms with van der Waals surface area (Å²) in [5, 5.41) is -3.23. The third-order valence-electron chi connectivity index (χ3n) is 15.6. The number of para-hydroxylation sites is 2. The van der Waals surface area contributed by atoms with Crippen LogP contribution in [0.1, 0.15) is 129 Å². The summed E-state index contributed by atoms with van der Waals surface area (Å²) in [6.45, 7) is 13.8. The maximum absolute atomic E-state index is 9.33. The van der Waals surface area contributed by atoms with Crippen molar-refractivity contribution in [2.24, 2.45) is 4.30 Å². The van der Waals surface area contributed by atoms with Gasteiger partial charge in [-0.05, 0) is 209 Å². The number of thiol groups is 1. The first-order valence-electron chi connectivity index (χ1n) is 57.5. The average Bonchev–Trinajstić information content (AvgIpc) is 1.20. The van der Waals surface area contributed by atoms with Crippen molar-refractivity contribution in [3.8, 4) is 0 Å². The van der Waals surface area contributed by atoms with Crippen molar-refractivity contribution < 1.29 is 92.6 Å². The molecule has 2 N–H and O–H groups in total. The van der Waals surface area contributed by atoms with Gasteiger partial charge in [-0.15, -0.1) is 23.2 Å². The fraction of sp³-hybridized carbons (Fsp3) is 0.146. The molecule has 16 rings (SSSR count). The van der Waals surface area contributed by atoms with Gasteiger partial charge in [-0.1, -0.05) is 237 Å². The number of benzene rings is 14. The van der Waals surface area contributed by atoms with Gasteiger partial charge in [0.1, 0.15) is 0 Å². The van der Waals surface area contributed by atoms with Crippen molar-refractivity contribution in [1.82, 2.24) is 0 Å². The molecule has 531 valence electrons. The van der Waals surface area contributed by atoms with Crippen molar-refractivity contribution >= 4 is 201 Å². The van der Waals surface area contributed by atoms with Crippen molar-refractivity contribution in [3.63, 3.8) is 0 Å². The fourth-order valence-corrected chi connectivity index (χ4v) is 9.66. The van der Waals surface area contributed by atoms with Gasteiger partial charge in [0.25, 0.3) is 0 Å². The van der Waals surface area contributed by atoms with Crippen LogP contribution < -0.4 is 31.4 Å². The van der Waals surface area contributed by atoms with Crippen LogP contribution in [0, 0.1) is 0 Å². The van der Waals surface area contributed by atoms with Crippen LogP contribution in [0.4, 0.5) is 56.9 Å². The van der Waals surface area contributed by atoms with Gasteiger partial charge < -0.3 is 39.1 Å². The average molecular weight is 1640 g/mol. The molecule has 0 bridgehead atoms. The second kappa shape index (κ2) is 35.6. The minimum absolute atomic E-state index is 0.0630. The Morgan fingerprint density at radius 3 is 0.858 bits per heavy atom. The summed E-state index contributed by atoms with van der Waals surface area (Å²) in [4.78, 5) is 1.93. The molecule has 2 heterocycles. The summed E-state index contributed by atoms with van der Waals surface area (Å²) >= 11 is 18.7. The van der Waals surface area contributed by atoms with Crippen LogP contribution in [0.15, 0.2) is 340 Å². The molecular weight excluding hydrogens is 1500 g/mol. The second-order valence-electron chi connectivity index (χ2n) is 23.2. The number of nitrogen functional groups attached to an aromatic ring is 1. The van der Waals surface area contributed by atoms with Crippen molar-refractivity contribution in [2.75, 3.05) is 25.8 Å². The molecule has 0 amide bonds. The molecule has 2 aliphatic heterocycles. The number of alkyl halides is 2. The number of rotatable bonds is 11. The zero-order valence-electron chi connectivity index (χ0n) is 110. The third-order valence-corrected chi connectivity index (χ3v) is 16.4. The topological polar surface area (TPSA) is 85.0 Å². The molecule has 0 spiro atoms. The van der Waals surface area contributed by atoms with Gasteiger partial charge in [-0.25, -0.2) is 0 Å². The van der Waals surface area contributed by atoms with E-state index in [0.29, 0.717) is 14.7 Å². The summed E-state index contributed by atoms with van der Waals surface area (Å²) in [7, 11) is 1.55. The molecule has 0 unspecified atom stereocenters. The summed E-state index contributed by atoms with van der Waals surface area (Å²) < 4.78 is 483. The number of nitrogens with two attached hydrogens (primary N) is 1. The molecule has 2 fully saturated rings. The van der Waals surface area contributed by atoms with Gasteiger partial charge in [0.2, 0.25) is 0 Å². The molecule has 106 heavy (non-hydrogen) atoms. The van der Waals surface area contributed by atoms with E-state index in [1.165, 1.54) is 0 Å². The molecule has 1 radical (unpaired) electrons. The van der Waals surface area contributed by atoms with Crippen LogP contribution in [0.25, 0.3) is 43.1 Å². The maximum atomic E-state index is 9.33. The molecule has 0 saturated carbocycles.